The number of hydrogen-bond donors (Lipinski definition) is 3. The molecule has 0 saturated heterocycles. The van der Waals surface area contributed by atoms with Crippen molar-refractivity contribution in [2.45, 2.75) is 12.4 Å². The molecule has 3 rings (SSSR count). The summed E-state index contributed by atoms with van der Waals surface area (Å²) in [6.45, 7) is 0. The van der Waals surface area contributed by atoms with Crippen molar-refractivity contribution in [3.8, 4) is 5.75 Å². The van der Waals surface area contributed by atoms with Crippen LogP contribution < -0.4 is 10.6 Å². The fourth-order valence-electron chi connectivity index (χ4n) is 2.39. The zero-order valence-electron chi connectivity index (χ0n) is 10.6. The van der Waals surface area contributed by atoms with E-state index in [0.29, 0.717) is 0 Å². The molecule has 4 heteroatoms. The first-order valence-electron chi connectivity index (χ1n) is 6.22. The van der Waals surface area contributed by atoms with Gasteiger partial charge < -0.3 is 15.2 Å². The summed E-state index contributed by atoms with van der Waals surface area (Å²) in [4.78, 5) is 0. The van der Waals surface area contributed by atoms with Gasteiger partial charge in [0, 0.05) is 23.9 Å². The van der Waals surface area contributed by atoms with Crippen LogP contribution in [0.15, 0.2) is 48.5 Å². The van der Waals surface area contributed by atoms with Gasteiger partial charge in [-0.2, -0.15) is 0 Å². The Morgan fingerprint density at radius 2 is 1.68 bits per heavy atom. The summed E-state index contributed by atoms with van der Waals surface area (Å²) < 4.78 is 5.48. The molecule has 4 nitrogen and oxygen atoms in total. The number of anilines is 1. The third-order valence-corrected chi connectivity index (χ3v) is 3.34. The first-order valence-corrected chi connectivity index (χ1v) is 6.22. The fourth-order valence-corrected chi connectivity index (χ4v) is 2.39. The van der Waals surface area contributed by atoms with E-state index < -0.39 is 0 Å². The Labute approximate surface area is 112 Å². The molecule has 1 heterocycles. The summed E-state index contributed by atoms with van der Waals surface area (Å²) in [5.74, 6) is 0.265. The van der Waals surface area contributed by atoms with Crippen LogP contribution in [0.4, 0.5) is 5.69 Å². The molecule has 2 unspecified atom stereocenters. The van der Waals surface area contributed by atoms with E-state index in [4.69, 9.17) is 4.74 Å². The summed E-state index contributed by atoms with van der Waals surface area (Å²) in [5, 5.41) is 16.6. The first kappa shape index (κ1) is 12.0. The van der Waals surface area contributed by atoms with Gasteiger partial charge >= 0.3 is 0 Å². The van der Waals surface area contributed by atoms with Crippen molar-refractivity contribution in [3.63, 3.8) is 0 Å². The number of nitrogens with one attached hydrogen (secondary N) is 2. The zero-order chi connectivity index (χ0) is 13.2. The van der Waals surface area contributed by atoms with Crippen molar-refractivity contribution in [2.24, 2.45) is 0 Å². The third kappa shape index (κ3) is 2.16. The average Bonchev–Trinajstić information content (AvgIpc) is 2.46. The number of para-hydroxylation sites is 2. The van der Waals surface area contributed by atoms with Gasteiger partial charge in [-0.3, -0.25) is 5.32 Å². The molecule has 0 bridgehead atoms. The molecule has 0 amide bonds. The lowest BCUT2D eigenvalue weighted by atomic mass is 10.0. The summed E-state index contributed by atoms with van der Waals surface area (Å²) in [7, 11) is 1.67. The van der Waals surface area contributed by atoms with Crippen LogP contribution >= 0.6 is 0 Å². The molecule has 19 heavy (non-hydrogen) atoms. The third-order valence-electron chi connectivity index (χ3n) is 3.34. The lowest BCUT2D eigenvalue weighted by Crippen LogP contribution is -2.37. The molecular formula is C15H16N2O2. The van der Waals surface area contributed by atoms with Gasteiger partial charge in [0.15, 0.2) is 0 Å². The molecule has 2 atom stereocenters. The van der Waals surface area contributed by atoms with Gasteiger partial charge in [0.05, 0.1) is 0 Å². The highest BCUT2D eigenvalue weighted by molar-refractivity contribution is 5.56. The maximum absolute atomic E-state index is 9.95. The van der Waals surface area contributed by atoms with Crippen LogP contribution in [-0.4, -0.2) is 12.2 Å². The predicted molar refractivity (Wildman–Crippen MR) is 73.8 cm³/mol. The van der Waals surface area contributed by atoms with Crippen molar-refractivity contribution < 1.29 is 9.84 Å². The smallest absolute Gasteiger partial charge is 0.137 e. The molecular weight excluding hydrogens is 240 g/mol. The number of phenols is 1. The molecule has 0 radical (unpaired) electrons. The molecule has 3 N–H and O–H groups in total. The van der Waals surface area contributed by atoms with Gasteiger partial charge in [0.1, 0.15) is 18.1 Å². The van der Waals surface area contributed by atoms with Crippen molar-refractivity contribution in [3.05, 3.63) is 59.7 Å². The second-order valence-corrected chi connectivity index (χ2v) is 4.51. The van der Waals surface area contributed by atoms with Crippen LogP contribution in [0.25, 0.3) is 0 Å². The Bertz CT molecular complexity index is 586. The standard InChI is InChI=1S/C15H16N2O2/c1-19-15-10-6-2-4-8-12(10)16-14(17-15)11-7-3-5-9-13(11)18/h2-9,14-18H,1H3. The zero-order valence-corrected chi connectivity index (χ0v) is 10.6. The Hall–Kier alpha value is -2.04. The SMILES string of the molecule is COC1NC(c2ccccc2O)Nc2ccccc21. The minimum atomic E-state index is -0.193. The van der Waals surface area contributed by atoms with Crippen molar-refractivity contribution in [2.75, 3.05) is 12.4 Å². The van der Waals surface area contributed by atoms with Crippen LogP contribution in [-0.2, 0) is 4.74 Å². The maximum Gasteiger partial charge on any atom is 0.137 e. The van der Waals surface area contributed by atoms with Gasteiger partial charge in [-0.05, 0) is 12.1 Å². The summed E-state index contributed by atoms with van der Waals surface area (Å²) >= 11 is 0. The Morgan fingerprint density at radius 1 is 1.00 bits per heavy atom. The first-order chi connectivity index (χ1) is 9.29. The number of phenolic OH excluding ortho intramolecular Hbond substituents is 1. The number of hydrogen-bond acceptors (Lipinski definition) is 4. The van der Waals surface area contributed by atoms with E-state index in [-0.39, 0.29) is 18.1 Å². The Balaban J connectivity index is 1.98. The Morgan fingerprint density at radius 3 is 2.42 bits per heavy atom. The second-order valence-electron chi connectivity index (χ2n) is 4.51. The summed E-state index contributed by atoms with van der Waals surface area (Å²) in [5.41, 5.74) is 2.89. The number of rotatable bonds is 2. The van der Waals surface area contributed by atoms with Gasteiger partial charge in [-0.15, -0.1) is 0 Å². The molecule has 0 saturated carbocycles. The van der Waals surface area contributed by atoms with Gasteiger partial charge in [0.25, 0.3) is 0 Å². The van der Waals surface area contributed by atoms with Crippen molar-refractivity contribution in [1.82, 2.24) is 5.32 Å². The maximum atomic E-state index is 9.95. The highest BCUT2D eigenvalue weighted by atomic mass is 16.5. The summed E-state index contributed by atoms with van der Waals surface area (Å²) in [6.07, 6.45) is -0.372. The van der Waals surface area contributed by atoms with E-state index in [1.54, 1.807) is 13.2 Å². The molecule has 2 aromatic carbocycles. The molecule has 1 aliphatic heterocycles. The lowest BCUT2D eigenvalue weighted by molar-refractivity contribution is 0.0613. The van der Waals surface area contributed by atoms with Crippen LogP contribution in [0.3, 0.4) is 0 Å². The molecule has 0 fully saturated rings. The topological polar surface area (TPSA) is 53.5 Å². The highest BCUT2D eigenvalue weighted by Gasteiger charge is 2.27. The number of fused-ring (bicyclic) bond motifs is 1. The van der Waals surface area contributed by atoms with E-state index in [1.807, 2.05) is 42.5 Å². The fraction of sp³-hybridized carbons (Fsp3) is 0.200. The van der Waals surface area contributed by atoms with Crippen LogP contribution in [0.5, 0.6) is 5.75 Å². The van der Waals surface area contributed by atoms with Crippen LogP contribution in [0, 0.1) is 0 Å². The quantitative estimate of drug-likeness (QED) is 0.773. The average molecular weight is 256 g/mol. The minimum Gasteiger partial charge on any atom is -0.508 e. The molecule has 2 aromatic rings. The number of benzene rings is 2. The molecule has 0 spiro atoms. The number of aromatic hydroxyl groups is 1. The number of ether oxygens (including phenoxy) is 1. The minimum absolute atomic E-state index is 0.180. The van der Waals surface area contributed by atoms with Gasteiger partial charge in [-0.1, -0.05) is 36.4 Å². The van der Waals surface area contributed by atoms with Crippen molar-refractivity contribution >= 4 is 5.69 Å². The Kier molecular flexibility index (Phi) is 3.11. The largest absolute Gasteiger partial charge is 0.508 e. The second kappa shape index (κ2) is 4.91. The van der Waals surface area contributed by atoms with Gasteiger partial charge in [0.2, 0.25) is 0 Å². The molecule has 1 aliphatic rings. The monoisotopic (exact) mass is 256 g/mol. The van der Waals surface area contributed by atoms with E-state index in [1.165, 1.54) is 0 Å². The molecule has 0 aliphatic carbocycles. The van der Waals surface area contributed by atoms with Gasteiger partial charge in [-0.25, -0.2) is 0 Å². The molecule has 98 valence electrons. The normalized spacial score (nSPS) is 21.5. The lowest BCUT2D eigenvalue weighted by Gasteiger charge is -2.34. The predicted octanol–water partition coefficient (Wildman–Crippen LogP) is 2.75. The van der Waals surface area contributed by atoms with E-state index in [2.05, 4.69) is 10.6 Å². The highest BCUT2D eigenvalue weighted by Crippen LogP contribution is 2.35. The van der Waals surface area contributed by atoms with Crippen molar-refractivity contribution in [1.29, 1.82) is 0 Å². The van der Waals surface area contributed by atoms with E-state index in [0.717, 1.165) is 16.8 Å². The van der Waals surface area contributed by atoms with E-state index in [9.17, 15) is 5.11 Å². The molecule has 0 aromatic heterocycles. The number of methoxy groups -OCH3 is 1. The summed E-state index contributed by atoms with van der Waals surface area (Å²) in [6, 6.07) is 15.3. The van der Waals surface area contributed by atoms with E-state index >= 15 is 0 Å². The van der Waals surface area contributed by atoms with Crippen LogP contribution in [0.2, 0.25) is 0 Å². The van der Waals surface area contributed by atoms with Crippen LogP contribution in [0.1, 0.15) is 23.5 Å².